The number of nitrogens with one attached hydrogen (secondary N) is 1. The number of carbonyl (C=O) groups is 1. The van der Waals surface area contributed by atoms with Crippen molar-refractivity contribution in [1.29, 1.82) is 0 Å². The van der Waals surface area contributed by atoms with Gasteiger partial charge in [-0.3, -0.25) is 10.1 Å². The molecule has 7 heteroatoms. The summed E-state index contributed by atoms with van der Waals surface area (Å²) in [5.41, 5.74) is 9.07. The summed E-state index contributed by atoms with van der Waals surface area (Å²) >= 11 is 2.92. The highest BCUT2D eigenvalue weighted by Crippen LogP contribution is 2.29. The normalized spacial score (nSPS) is 18.4. The van der Waals surface area contributed by atoms with Crippen LogP contribution in [-0.2, 0) is 12.8 Å². The van der Waals surface area contributed by atoms with E-state index in [4.69, 9.17) is 5.73 Å². The third-order valence-corrected chi connectivity index (χ3v) is 4.49. The van der Waals surface area contributed by atoms with Crippen LogP contribution in [0, 0.1) is 0 Å². The number of aromatic nitrogens is 2. The van der Waals surface area contributed by atoms with Crippen molar-refractivity contribution < 1.29 is 4.79 Å². The van der Waals surface area contributed by atoms with Gasteiger partial charge >= 0.3 is 0 Å². The van der Waals surface area contributed by atoms with Crippen LogP contribution >= 0.6 is 22.7 Å². The Balaban J connectivity index is 1.76. The van der Waals surface area contributed by atoms with Gasteiger partial charge in [0.25, 0.3) is 5.91 Å². The van der Waals surface area contributed by atoms with Crippen LogP contribution in [0.3, 0.4) is 0 Å². The molecule has 0 fully saturated rings. The molecule has 0 spiro atoms. The van der Waals surface area contributed by atoms with Crippen molar-refractivity contribution in [3.05, 3.63) is 27.2 Å². The second-order valence-electron chi connectivity index (χ2n) is 4.22. The van der Waals surface area contributed by atoms with E-state index in [1.807, 2.05) is 0 Å². The van der Waals surface area contributed by atoms with Gasteiger partial charge in [-0.25, -0.2) is 9.97 Å². The Labute approximate surface area is 112 Å². The Kier molecular flexibility index (Phi) is 3.11. The van der Waals surface area contributed by atoms with E-state index in [2.05, 4.69) is 15.3 Å². The molecule has 0 saturated heterocycles. The zero-order valence-corrected chi connectivity index (χ0v) is 11.2. The monoisotopic (exact) mass is 280 g/mol. The predicted molar refractivity (Wildman–Crippen MR) is 72.2 cm³/mol. The Bertz CT molecular complexity index is 564. The first-order chi connectivity index (χ1) is 8.72. The van der Waals surface area contributed by atoms with Crippen molar-refractivity contribution in [2.45, 2.75) is 25.3 Å². The van der Waals surface area contributed by atoms with Crippen molar-refractivity contribution in [3.63, 3.8) is 0 Å². The minimum Gasteiger partial charge on any atom is -0.327 e. The number of thiazole rings is 2. The van der Waals surface area contributed by atoms with E-state index in [1.165, 1.54) is 27.6 Å². The maximum Gasteiger partial charge on any atom is 0.276 e. The van der Waals surface area contributed by atoms with Crippen LogP contribution in [0.5, 0.6) is 0 Å². The molecular formula is C11H12N4OS2. The quantitative estimate of drug-likeness (QED) is 0.876. The van der Waals surface area contributed by atoms with E-state index in [1.54, 1.807) is 10.9 Å². The highest BCUT2D eigenvalue weighted by molar-refractivity contribution is 7.16. The molecule has 94 valence electrons. The average molecular weight is 280 g/mol. The summed E-state index contributed by atoms with van der Waals surface area (Å²) in [4.78, 5) is 21.4. The summed E-state index contributed by atoms with van der Waals surface area (Å²) in [5, 5.41) is 5.15. The first-order valence-electron chi connectivity index (χ1n) is 5.66. The summed E-state index contributed by atoms with van der Waals surface area (Å²) in [6, 6.07) is 0.222. The number of aryl methyl sites for hydroxylation is 1. The lowest BCUT2D eigenvalue weighted by Crippen LogP contribution is -2.27. The van der Waals surface area contributed by atoms with Crippen LogP contribution in [0.25, 0.3) is 0 Å². The average Bonchev–Trinajstić information content (AvgIpc) is 2.95. The van der Waals surface area contributed by atoms with Crippen LogP contribution in [0.2, 0.25) is 0 Å². The number of nitrogens with two attached hydrogens (primary N) is 1. The molecule has 5 nitrogen and oxygen atoms in total. The van der Waals surface area contributed by atoms with Crippen LogP contribution in [0.1, 0.15) is 27.5 Å². The van der Waals surface area contributed by atoms with E-state index in [0.29, 0.717) is 10.8 Å². The molecule has 3 N–H and O–H groups in total. The zero-order chi connectivity index (χ0) is 12.5. The Morgan fingerprint density at radius 2 is 2.44 bits per heavy atom. The zero-order valence-electron chi connectivity index (χ0n) is 9.55. The molecule has 2 aromatic rings. The summed E-state index contributed by atoms with van der Waals surface area (Å²) in [5.74, 6) is -0.202. The van der Waals surface area contributed by atoms with Crippen LogP contribution < -0.4 is 11.1 Å². The molecule has 2 heterocycles. The number of amides is 1. The van der Waals surface area contributed by atoms with Crippen LogP contribution in [-0.4, -0.2) is 21.9 Å². The van der Waals surface area contributed by atoms with Crippen molar-refractivity contribution in [2.24, 2.45) is 5.73 Å². The fourth-order valence-electron chi connectivity index (χ4n) is 1.94. The highest BCUT2D eigenvalue weighted by Gasteiger charge is 2.21. The molecule has 0 aromatic carbocycles. The van der Waals surface area contributed by atoms with Gasteiger partial charge in [0.1, 0.15) is 5.69 Å². The smallest absolute Gasteiger partial charge is 0.276 e. The van der Waals surface area contributed by atoms with Crippen molar-refractivity contribution in [2.75, 3.05) is 5.32 Å². The van der Waals surface area contributed by atoms with Crippen LogP contribution in [0.15, 0.2) is 10.9 Å². The van der Waals surface area contributed by atoms with Crippen molar-refractivity contribution in [3.8, 4) is 0 Å². The lowest BCUT2D eigenvalue weighted by Gasteiger charge is -2.15. The molecule has 0 bridgehead atoms. The number of carbonyl (C=O) groups excluding carboxylic acids is 1. The SMILES string of the molecule is N[C@H]1CCc2nc(NC(=O)c3cscn3)sc2C1. The molecule has 0 unspecified atom stereocenters. The lowest BCUT2D eigenvalue weighted by molar-refractivity contribution is 0.102. The molecule has 1 amide bonds. The molecule has 3 rings (SSSR count). The summed E-state index contributed by atoms with van der Waals surface area (Å²) in [6.45, 7) is 0. The second kappa shape index (κ2) is 4.75. The Hall–Kier alpha value is -1.31. The first kappa shape index (κ1) is 11.8. The second-order valence-corrected chi connectivity index (χ2v) is 6.02. The number of nitrogens with zero attached hydrogens (tertiary/aromatic N) is 2. The molecule has 1 aliphatic carbocycles. The fourth-order valence-corrected chi connectivity index (χ4v) is 3.57. The summed E-state index contributed by atoms with van der Waals surface area (Å²) in [7, 11) is 0. The number of fused-ring (bicyclic) bond motifs is 1. The number of hydrogen-bond acceptors (Lipinski definition) is 6. The maximum atomic E-state index is 11.8. The van der Waals surface area contributed by atoms with E-state index in [9.17, 15) is 4.79 Å². The minimum absolute atomic E-state index is 0.202. The molecular weight excluding hydrogens is 268 g/mol. The van der Waals surface area contributed by atoms with Gasteiger partial charge in [-0.1, -0.05) is 0 Å². The summed E-state index contributed by atoms with van der Waals surface area (Å²) < 4.78 is 0. The predicted octanol–water partition coefficient (Wildman–Crippen LogP) is 1.67. The molecule has 18 heavy (non-hydrogen) atoms. The van der Waals surface area contributed by atoms with Gasteiger partial charge in [-0.2, -0.15) is 0 Å². The minimum atomic E-state index is -0.202. The van der Waals surface area contributed by atoms with Gasteiger partial charge < -0.3 is 5.73 Å². The van der Waals surface area contributed by atoms with Gasteiger partial charge in [0.2, 0.25) is 0 Å². The van der Waals surface area contributed by atoms with E-state index in [0.717, 1.165) is 25.0 Å². The van der Waals surface area contributed by atoms with Crippen molar-refractivity contribution >= 4 is 33.7 Å². The van der Waals surface area contributed by atoms with Crippen LogP contribution in [0.4, 0.5) is 5.13 Å². The maximum absolute atomic E-state index is 11.8. The van der Waals surface area contributed by atoms with Gasteiger partial charge in [-0.05, 0) is 19.3 Å². The molecule has 2 aromatic heterocycles. The molecule has 0 saturated carbocycles. The summed E-state index contributed by atoms with van der Waals surface area (Å²) in [6.07, 6.45) is 2.73. The third-order valence-electron chi connectivity index (χ3n) is 2.86. The number of anilines is 1. The van der Waals surface area contributed by atoms with E-state index < -0.39 is 0 Å². The highest BCUT2D eigenvalue weighted by atomic mass is 32.1. The molecule has 0 aliphatic heterocycles. The largest absolute Gasteiger partial charge is 0.327 e. The fraction of sp³-hybridized carbons (Fsp3) is 0.364. The van der Waals surface area contributed by atoms with Gasteiger partial charge in [0.15, 0.2) is 5.13 Å². The van der Waals surface area contributed by atoms with Gasteiger partial charge in [0.05, 0.1) is 11.2 Å². The Morgan fingerprint density at radius 1 is 1.56 bits per heavy atom. The standard InChI is InChI=1S/C11H12N4OS2/c12-6-1-2-7-9(3-6)18-11(14-7)15-10(16)8-4-17-5-13-8/h4-6H,1-3,12H2,(H,14,15,16)/t6-/m0/s1. The number of hydrogen-bond donors (Lipinski definition) is 2. The van der Waals surface area contributed by atoms with Gasteiger partial charge in [-0.15, -0.1) is 22.7 Å². The molecule has 1 aliphatic rings. The topological polar surface area (TPSA) is 80.9 Å². The molecule has 1 atom stereocenters. The van der Waals surface area contributed by atoms with E-state index >= 15 is 0 Å². The third kappa shape index (κ3) is 2.29. The van der Waals surface area contributed by atoms with E-state index in [-0.39, 0.29) is 11.9 Å². The lowest BCUT2D eigenvalue weighted by atomic mass is 9.99. The van der Waals surface area contributed by atoms with Crippen molar-refractivity contribution in [1.82, 2.24) is 9.97 Å². The number of rotatable bonds is 2. The van der Waals surface area contributed by atoms with Gasteiger partial charge in [0, 0.05) is 16.3 Å². The first-order valence-corrected chi connectivity index (χ1v) is 7.42. The molecule has 0 radical (unpaired) electrons. The Morgan fingerprint density at radius 3 is 3.22 bits per heavy atom.